The SMILES string of the molecule is CN(C)[C@@H]1CCN(C(=O)c2ccc3n2Cc2ccccc2N(C(=O)c2ccc(-c4cccc5ccccc45)cc2Cl)C3)C1. The summed E-state index contributed by atoms with van der Waals surface area (Å²) in [5.41, 5.74) is 5.88. The summed E-state index contributed by atoms with van der Waals surface area (Å²) < 4.78 is 2.07. The number of hydrogen-bond donors (Lipinski definition) is 0. The Morgan fingerprint density at radius 2 is 1.63 bits per heavy atom. The van der Waals surface area contributed by atoms with Crippen molar-refractivity contribution >= 4 is 39.9 Å². The van der Waals surface area contributed by atoms with Crippen LogP contribution in [-0.2, 0) is 13.1 Å². The normalized spacial score (nSPS) is 16.3. The third kappa shape index (κ3) is 4.90. The Kier molecular flexibility index (Phi) is 7.04. The summed E-state index contributed by atoms with van der Waals surface area (Å²) in [7, 11) is 4.13. The highest BCUT2D eigenvalue weighted by atomic mass is 35.5. The van der Waals surface area contributed by atoms with Crippen LogP contribution in [0.5, 0.6) is 0 Å². The number of benzene rings is 4. The Morgan fingerprint density at radius 1 is 0.837 bits per heavy atom. The van der Waals surface area contributed by atoms with Crippen LogP contribution in [0, 0.1) is 0 Å². The molecule has 1 fully saturated rings. The number of halogens is 1. The number of fused-ring (bicyclic) bond motifs is 3. The van der Waals surface area contributed by atoms with E-state index in [4.69, 9.17) is 11.6 Å². The number of likely N-dealkylation sites (tertiary alicyclic amines) is 1. The molecule has 1 aromatic heterocycles. The van der Waals surface area contributed by atoms with Crippen LogP contribution in [0.1, 0.15) is 38.5 Å². The van der Waals surface area contributed by atoms with Crippen molar-refractivity contribution in [3.05, 3.63) is 125 Å². The summed E-state index contributed by atoms with van der Waals surface area (Å²) in [5, 5.41) is 2.70. The number of carbonyl (C=O) groups is 2. The van der Waals surface area contributed by atoms with E-state index in [0.29, 0.717) is 35.4 Å². The van der Waals surface area contributed by atoms with E-state index in [1.807, 2.05) is 77.7 Å². The number of nitrogens with zero attached hydrogens (tertiary/aromatic N) is 4. The predicted molar refractivity (Wildman–Crippen MR) is 173 cm³/mol. The lowest BCUT2D eigenvalue weighted by molar-refractivity contribution is 0.0772. The smallest absolute Gasteiger partial charge is 0.270 e. The van der Waals surface area contributed by atoms with Crippen LogP contribution in [0.3, 0.4) is 0 Å². The Balaban J connectivity index is 1.22. The molecule has 43 heavy (non-hydrogen) atoms. The zero-order chi connectivity index (χ0) is 29.7. The summed E-state index contributed by atoms with van der Waals surface area (Å²) in [6.07, 6.45) is 0.970. The fourth-order valence-electron chi connectivity index (χ4n) is 6.52. The molecule has 2 aliphatic heterocycles. The van der Waals surface area contributed by atoms with Crippen LogP contribution >= 0.6 is 11.6 Å². The van der Waals surface area contributed by atoms with Crippen molar-refractivity contribution < 1.29 is 9.59 Å². The van der Waals surface area contributed by atoms with Crippen LogP contribution in [0.4, 0.5) is 5.69 Å². The van der Waals surface area contributed by atoms with Crippen LogP contribution < -0.4 is 4.90 Å². The molecule has 0 bridgehead atoms. The van der Waals surface area contributed by atoms with E-state index in [9.17, 15) is 9.59 Å². The minimum absolute atomic E-state index is 0.0416. The number of likely N-dealkylation sites (N-methyl/N-ethyl adjacent to an activating group) is 1. The van der Waals surface area contributed by atoms with Crippen LogP contribution in [0.25, 0.3) is 21.9 Å². The van der Waals surface area contributed by atoms with Gasteiger partial charge in [0.25, 0.3) is 11.8 Å². The van der Waals surface area contributed by atoms with Gasteiger partial charge in [-0.25, -0.2) is 0 Å². The quantitative estimate of drug-likeness (QED) is 0.228. The summed E-state index contributed by atoms with van der Waals surface area (Å²) >= 11 is 6.86. The number of amides is 2. The van der Waals surface area contributed by atoms with Gasteiger partial charge < -0.3 is 19.3 Å². The molecule has 0 unspecified atom stereocenters. The number of para-hydroxylation sites is 1. The molecule has 0 spiro atoms. The Morgan fingerprint density at radius 3 is 2.44 bits per heavy atom. The molecular formula is C36H33ClN4O2. The maximum atomic E-state index is 14.2. The minimum atomic E-state index is -0.169. The van der Waals surface area contributed by atoms with Crippen molar-refractivity contribution in [2.45, 2.75) is 25.6 Å². The first-order chi connectivity index (χ1) is 20.9. The third-order valence-electron chi connectivity index (χ3n) is 8.95. The van der Waals surface area contributed by atoms with Crippen LogP contribution in [-0.4, -0.2) is 59.4 Å². The van der Waals surface area contributed by atoms with Gasteiger partial charge in [-0.05, 0) is 78.3 Å². The lowest BCUT2D eigenvalue weighted by atomic mass is 9.97. The van der Waals surface area contributed by atoms with Crippen LogP contribution in [0.2, 0.25) is 5.02 Å². The van der Waals surface area contributed by atoms with Gasteiger partial charge in [-0.3, -0.25) is 9.59 Å². The fraction of sp³-hybridized carbons (Fsp3) is 0.222. The number of rotatable bonds is 4. The molecule has 4 aromatic carbocycles. The molecule has 0 radical (unpaired) electrons. The van der Waals surface area contributed by atoms with E-state index in [-0.39, 0.29) is 11.8 Å². The number of hydrogen-bond acceptors (Lipinski definition) is 3. The summed E-state index contributed by atoms with van der Waals surface area (Å²) in [4.78, 5) is 33.8. The van der Waals surface area contributed by atoms with Crippen molar-refractivity contribution in [2.75, 3.05) is 32.1 Å². The van der Waals surface area contributed by atoms with Gasteiger partial charge in [-0.1, -0.05) is 78.3 Å². The first kappa shape index (κ1) is 27.4. The maximum Gasteiger partial charge on any atom is 0.270 e. The molecule has 2 aliphatic rings. The topological polar surface area (TPSA) is 48.8 Å². The molecular weight excluding hydrogens is 556 g/mol. The monoisotopic (exact) mass is 588 g/mol. The molecule has 216 valence electrons. The molecule has 0 saturated carbocycles. The largest absolute Gasteiger partial charge is 0.336 e. The highest BCUT2D eigenvalue weighted by molar-refractivity contribution is 6.35. The van der Waals surface area contributed by atoms with Crippen molar-refractivity contribution in [3.63, 3.8) is 0 Å². The summed E-state index contributed by atoms with van der Waals surface area (Å²) in [6, 6.07) is 32.3. The molecule has 6 nitrogen and oxygen atoms in total. The molecule has 3 heterocycles. The van der Waals surface area contributed by atoms with Gasteiger partial charge in [0.05, 0.1) is 23.7 Å². The van der Waals surface area contributed by atoms with Crippen molar-refractivity contribution in [1.29, 1.82) is 0 Å². The molecule has 7 rings (SSSR count). The summed E-state index contributed by atoms with van der Waals surface area (Å²) in [5.74, 6) is -0.127. The number of carbonyl (C=O) groups excluding carboxylic acids is 2. The number of aromatic nitrogens is 1. The zero-order valence-corrected chi connectivity index (χ0v) is 25.1. The van der Waals surface area contributed by atoms with Gasteiger partial charge in [0.2, 0.25) is 0 Å². The first-order valence-corrected chi connectivity index (χ1v) is 15.1. The van der Waals surface area contributed by atoms with Gasteiger partial charge in [-0.2, -0.15) is 0 Å². The fourth-order valence-corrected chi connectivity index (χ4v) is 6.78. The van der Waals surface area contributed by atoms with Gasteiger partial charge in [0.1, 0.15) is 5.69 Å². The van der Waals surface area contributed by atoms with Gasteiger partial charge >= 0.3 is 0 Å². The second-order valence-corrected chi connectivity index (χ2v) is 12.1. The second kappa shape index (κ2) is 11.0. The van der Waals surface area contributed by atoms with Crippen molar-refractivity contribution in [2.24, 2.45) is 0 Å². The van der Waals surface area contributed by atoms with Crippen molar-refractivity contribution in [1.82, 2.24) is 14.4 Å². The standard InChI is InChI=1S/C36H33ClN4O2/c1-38(2)27-18-19-39(22-27)36(43)34-17-15-28-23-41(33-13-6-4-9-26(33)21-40(28)34)35(42)31-16-14-25(20-32(31)37)30-12-7-10-24-8-3-5-11-29(24)30/h3-17,20,27H,18-19,21-23H2,1-2H3/t27-/m1/s1. The molecule has 0 N–H and O–H groups in total. The van der Waals surface area contributed by atoms with Gasteiger partial charge in [0, 0.05) is 30.5 Å². The predicted octanol–water partition coefficient (Wildman–Crippen LogP) is 6.95. The van der Waals surface area contributed by atoms with Crippen LogP contribution in [0.15, 0.2) is 97.1 Å². The molecule has 7 heteroatoms. The van der Waals surface area contributed by atoms with E-state index in [0.717, 1.165) is 58.4 Å². The van der Waals surface area contributed by atoms with E-state index in [2.05, 4.69) is 47.8 Å². The van der Waals surface area contributed by atoms with E-state index >= 15 is 0 Å². The first-order valence-electron chi connectivity index (χ1n) is 14.7. The Labute approximate surface area is 256 Å². The van der Waals surface area contributed by atoms with E-state index < -0.39 is 0 Å². The molecule has 2 amide bonds. The van der Waals surface area contributed by atoms with E-state index in [1.54, 1.807) is 4.90 Å². The molecule has 1 atom stereocenters. The third-order valence-corrected chi connectivity index (χ3v) is 9.26. The lowest BCUT2D eigenvalue weighted by Crippen LogP contribution is -2.35. The second-order valence-electron chi connectivity index (χ2n) is 11.7. The molecule has 5 aromatic rings. The minimum Gasteiger partial charge on any atom is -0.336 e. The average Bonchev–Trinajstić information content (AvgIpc) is 3.64. The van der Waals surface area contributed by atoms with Gasteiger partial charge in [0.15, 0.2) is 0 Å². The Bertz CT molecular complexity index is 1870. The lowest BCUT2D eigenvalue weighted by Gasteiger charge is -2.23. The highest BCUT2D eigenvalue weighted by Crippen LogP contribution is 2.35. The van der Waals surface area contributed by atoms with Gasteiger partial charge in [-0.15, -0.1) is 0 Å². The van der Waals surface area contributed by atoms with Crippen molar-refractivity contribution in [3.8, 4) is 11.1 Å². The molecule has 1 saturated heterocycles. The highest BCUT2D eigenvalue weighted by Gasteiger charge is 2.32. The maximum absolute atomic E-state index is 14.2. The number of anilines is 1. The van der Waals surface area contributed by atoms with E-state index in [1.165, 1.54) is 0 Å². The zero-order valence-electron chi connectivity index (χ0n) is 24.3. The Hall–Kier alpha value is -4.39. The average molecular weight is 589 g/mol. The molecule has 0 aliphatic carbocycles. The summed E-state index contributed by atoms with van der Waals surface area (Å²) in [6.45, 7) is 2.32.